The van der Waals surface area contributed by atoms with Crippen molar-refractivity contribution >= 4 is 10.9 Å². The monoisotopic (exact) mass is 512 g/mol. The van der Waals surface area contributed by atoms with Gasteiger partial charge in [-0.05, 0) is 83.1 Å². The molecule has 0 amide bonds. The Labute approximate surface area is 219 Å². The average Bonchev–Trinajstić information content (AvgIpc) is 3.69. The predicted octanol–water partition coefficient (Wildman–Crippen LogP) is 5.46. The van der Waals surface area contributed by atoms with Crippen molar-refractivity contribution in [2.75, 3.05) is 0 Å². The molecule has 3 heterocycles. The van der Waals surface area contributed by atoms with Gasteiger partial charge < -0.3 is 9.40 Å². The summed E-state index contributed by atoms with van der Waals surface area (Å²) in [6.45, 7) is 2.82. The van der Waals surface area contributed by atoms with E-state index in [0.717, 1.165) is 53.5 Å². The van der Waals surface area contributed by atoms with E-state index in [1.54, 1.807) is 18.4 Å². The lowest BCUT2D eigenvalue weighted by Gasteiger charge is -2.31. The minimum Gasteiger partial charge on any atom is -0.468 e. The van der Waals surface area contributed by atoms with E-state index in [-0.39, 0.29) is 17.4 Å². The molecule has 0 unspecified atom stereocenters. The molecule has 1 N–H and O–H groups in total. The van der Waals surface area contributed by atoms with Gasteiger partial charge in [0.1, 0.15) is 17.6 Å². The van der Waals surface area contributed by atoms with Gasteiger partial charge in [-0.1, -0.05) is 37.1 Å². The normalized spacial score (nSPS) is 15.0. The van der Waals surface area contributed by atoms with Gasteiger partial charge in [0.15, 0.2) is 5.82 Å². The number of hydrogen-bond donors (Lipinski definition) is 1. The number of aromatic amines is 1. The van der Waals surface area contributed by atoms with Gasteiger partial charge in [0.05, 0.1) is 18.8 Å². The molecule has 9 heteroatoms. The highest BCUT2D eigenvalue weighted by atomic mass is 19.1. The Bertz CT molecular complexity index is 1590. The second-order valence-corrected chi connectivity index (χ2v) is 10.1. The third-order valence-corrected chi connectivity index (χ3v) is 7.36. The van der Waals surface area contributed by atoms with E-state index in [4.69, 9.17) is 4.42 Å². The van der Waals surface area contributed by atoms with E-state index in [0.29, 0.717) is 24.5 Å². The van der Waals surface area contributed by atoms with Gasteiger partial charge in [0.25, 0.3) is 5.56 Å². The second-order valence-electron chi connectivity index (χ2n) is 10.1. The topological polar surface area (TPSA) is 92.8 Å². The van der Waals surface area contributed by atoms with Crippen molar-refractivity contribution in [3.05, 3.63) is 111 Å². The fourth-order valence-corrected chi connectivity index (χ4v) is 5.49. The molecular formula is C29H29FN6O2. The number of H-pyrrole nitrogens is 1. The number of aromatic nitrogens is 5. The van der Waals surface area contributed by atoms with Crippen LogP contribution in [0.2, 0.25) is 0 Å². The molecule has 0 bridgehead atoms. The van der Waals surface area contributed by atoms with Crippen LogP contribution in [-0.2, 0) is 13.1 Å². The van der Waals surface area contributed by atoms with Crippen LogP contribution in [0.4, 0.5) is 4.39 Å². The minimum absolute atomic E-state index is 0.181. The first-order valence-electron chi connectivity index (χ1n) is 13.0. The maximum atomic E-state index is 13.7. The largest absolute Gasteiger partial charge is 0.468 e. The van der Waals surface area contributed by atoms with Crippen LogP contribution in [-0.4, -0.2) is 30.1 Å². The van der Waals surface area contributed by atoms with Gasteiger partial charge in [0, 0.05) is 17.6 Å². The molecule has 0 saturated heterocycles. The second kappa shape index (κ2) is 10.3. The summed E-state index contributed by atoms with van der Waals surface area (Å²) in [5, 5.41) is 13.9. The first kappa shape index (κ1) is 24.2. The van der Waals surface area contributed by atoms with Crippen LogP contribution in [0.15, 0.2) is 76.1 Å². The highest BCUT2D eigenvalue weighted by Gasteiger charge is 2.33. The fraction of sp³-hybridized carbons (Fsp3) is 0.310. The molecule has 2 aromatic carbocycles. The fourth-order valence-electron chi connectivity index (χ4n) is 5.49. The van der Waals surface area contributed by atoms with Crippen molar-refractivity contribution in [1.29, 1.82) is 0 Å². The lowest BCUT2D eigenvalue weighted by molar-refractivity contribution is 0.176. The number of pyridine rings is 1. The summed E-state index contributed by atoms with van der Waals surface area (Å²) < 4.78 is 21.3. The number of benzene rings is 2. The molecule has 8 nitrogen and oxygen atoms in total. The smallest absolute Gasteiger partial charge is 0.253 e. The van der Waals surface area contributed by atoms with Crippen LogP contribution in [0.1, 0.15) is 66.0 Å². The Balaban J connectivity index is 1.52. The highest BCUT2D eigenvalue weighted by molar-refractivity contribution is 5.79. The molecule has 1 saturated carbocycles. The number of aryl methyl sites for hydroxylation is 1. The number of furan rings is 1. The van der Waals surface area contributed by atoms with Crippen molar-refractivity contribution in [3.63, 3.8) is 0 Å². The zero-order valence-corrected chi connectivity index (χ0v) is 21.2. The molecule has 6 rings (SSSR count). The number of tetrazole rings is 1. The molecule has 1 aliphatic carbocycles. The van der Waals surface area contributed by atoms with Crippen molar-refractivity contribution in [3.8, 4) is 0 Å². The molecular weight excluding hydrogens is 483 g/mol. The molecule has 5 aromatic rings. The number of nitrogens with one attached hydrogen (secondary N) is 1. The zero-order valence-electron chi connectivity index (χ0n) is 21.2. The van der Waals surface area contributed by atoms with Gasteiger partial charge in [0.2, 0.25) is 0 Å². The number of fused-ring (bicyclic) bond motifs is 1. The van der Waals surface area contributed by atoms with Crippen molar-refractivity contribution in [1.82, 2.24) is 30.1 Å². The van der Waals surface area contributed by atoms with E-state index < -0.39 is 6.04 Å². The summed E-state index contributed by atoms with van der Waals surface area (Å²) >= 11 is 0. The standard InChI is InChI=1S/C29H29FN6O2/c1-19-8-11-21-16-25(29(37)31-26(21)15-19)27(28-32-33-34-36(28)23-5-2-3-6-23)35(18-24-7-4-14-38-24)17-20-9-12-22(30)13-10-20/h4,7-16,23,27H,2-3,5-6,17-18H2,1H3,(H,31,37)/t27-/m1/s1. The number of hydrogen-bond acceptors (Lipinski definition) is 6. The third-order valence-electron chi connectivity index (χ3n) is 7.36. The molecule has 0 aliphatic heterocycles. The number of rotatable bonds is 8. The molecule has 38 heavy (non-hydrogen) atoms. The van der Waals surface area contributed by atoms with Gasteiger partial charge in [-0.15, -0.1) is 5.10 Å². The third kappa shape index (κ3) is 4.89. The highest BCUT2D eigenvalue weighted by Crippen LogP contribution is 2.35. The van der Waals surface area contributed by atoms with Crippen molar-refractivity contribution < 1.29 is 8.81 Å². The van der Waals surface area contributed by atoms with Gasteiger partial charge in [-0.3, -0.25) is 9.69 Å². The van der Waals surface area contributed by atoms with E-state index >= 15 is 0 Å². The van der Waals surface area contributed by atoms with Crippen LogP contribution in [0.25, 0.3) is 10.9 Å². The van der Waals surface area contributed by atoms with E-state index in [1.807, 2.05) is 48.0 Å². The zero-order chi connectivity index (χ0) is 26.1. The van der Waals surface area contributed by atoms with Crippen molar-refractivity contribution in [2.24, 2.45) is 0 Å². The minimum atomic E-state index is -0.574. The first-order valence-corrected chi connectivity index (χ1v) is 13.0. The summed E-state index contributed by atoms with van der Waals surface area (Å²) in [4.78, 5) is 18.9. The Hall–Kier alpha value is -4.11. The molecule has 194 valence electrons. The number of halogens is 1. The van der Waals surface area contributed by atoms with Crippen LogP contribution in [0, 0.1) is 12.7 Å². The van der Waals surface area contributed by atoms with E-state index in [2.05, 4.69) is 25.4 Å². The Morgan fingerprint density at radius 2 is 1.92 bits per heavy atom. The molecule has 0 radical (unpaired) electrons. The van der Waals surface area contributed by atoms with Gasteiger partial charge >= 0.3 is 0 Å². The SMILES string of the molecule is Cc1ccc2cc([C@H](c3nnnn3C3CCCC3)N(Cc3ccc(F)cc3)Cc3ccco3)c(=O)[nH]c2c1. The lowest BCUT2D eigenvalue weighted by atomic mass is 10.0. The van der Waals surface area contributed by atoms with E-state index in [9.17, 15) is 9.18 Å². The Morgan fingerprint density at radius 3 is 2.68 bits per heavy atom. The summed E-state index contributed by atoms with van der Waals surface area (Å²) in [6, 6.07) is 17.7. The molecule has 1 aliphatic rings. The summed E-state index contributed by atoms with van der Waals surface area (Å²) in [5.74, 6) is 1.06. The Kier molecular flexibility index (Phi) is 6.59. The summed E-state index contributed by atoms with van der Waals surface area (Å²) in [7, 11) is 0. The summed E-state index contributed by atoms with van der Waals surface area (Å²) in [5.41, 5.74) is 3.10. The lowest BCUT2D eigenvalue weighted by Crippen LogP contribution is -2.35. The maximum Gasteiger partial charge on any atom is 0.253 e. The predicted molar refractivity (Wildman–Crippen MR) is 141 cm³/mol. The average molecular weight is 513 g/mol. The van der Waals surface area contributed by atoms with Crippen LogP contribution < -0.4 is 5.56 Å². The van der Waals surface area contributed by atoms with Crippen LogP contribution in [0.5, 0.6) is 0 Å². The van der Waals surface area contributed by atoms with E-state index in [1.165, 1.54) is 12.1 Å². The molecule has 3 aromatic heterocycles. The van der Waals surface area contributed by atoms with Crippen LogP contribution >= 0.6 is 0 Å². The Morgan fingerprint density at radius 1 is 1.11 bits per heavy atom. The molecule has 0 spiro atoms. The van der Waals surface area contributed by atoms with Gasteiger partial charge in [-0.2, -0.15) is 0 Å². The number of nitrogens with zero attached hydrogens (tertiary/aromatic N) is 5. The molecule has 1 atom stereocenters. The summed E-state index contributed by atoms with van der Waals surface area (Å²) in [6.07, 6.45) is 5.86. The van der Waals surface area contributed by atoms with Crippen LogP contribution in [0.3, 0.4) is 0 Å². The quantitative estimate of drug-likeness (QED) is 0.297. The van der Waals surface area contributed by atoms with Gasteiger partial charge in [-0.25, -0.2) is 9.07 Å². The molecule has 1 fully saturated rings. The maximum absolute atomic E-state index is 13.7. The van der Waals surface area contributed by atoms with Crippen molar-refractivity contribution in [2.45, 2.75) is 57.8 Å². The first-order chi connectivity index (χ1) is 18.5.